The summed E-state index contributed by atoms with van der Waals surface area (Å²) in [5.74, 6) is 0. The monoisotopic (exact) mass is 630 g/mol. The van der Waals surface area contributed by atoms with Crippen molar-refractivity contribution >= 4 is 22.7 Å². The van der Waals surface area contributed by atoms with E-state index in [-0.39, 0.29) is 34.0 Å². The van der Waals surface area contributed by atoms with Crippen LogP contribution >= 0.6 is 0 Å². The zero-order chi connectivity index (χ0) is 24.7. The molecule has 38 heavy (non-hydrogen) atoms. The van der Waals surface area contributed by atoms with Crippen molar-refractivity contribution in [3.8, 4) is 0 Å². The molecule has 0 saturated heterocycles. The fraction of sp³-hybridized carbons (Fsp3) is 0.125. The highest BCUT2D eigenvalue weighted by Crippen LogP contribution is 2.22. The Balaban J connectivity index is 0.00000200. The van der Waals surface area contributed by atoms with E-state index in [4.69, 9.17) is 0 Å². The number of rotatable bonds is 8. The molecule has 0 radical (unpaired) electrons. The maximum atomic E-state index is 2.23. The van der Waals surface area contributed by atoms with E-state index < -0.39 is 0 Å². The molecule has 0 N–H and O–H groups in total. The maximum Gasteiger partial charge on any atom is 0.173 e. The van der Waals surface area contributed by atoms with E-state index >= 15 is 0 Å². The lowest BCUT2D eigenvalue weighted by molar-refractivity contribution is -0.688. The van der Waals surface area contributed by atoms with Crippen LogP contribution in [0, 0.1) is 0 Å². The van der Waals surface area contributed by atoms with Crippen molar-refractivity contribution in [2.24, 2.45) is 0 Å². The van der Waals surface area contributed by atoms with Crippen LogP contribution in [-0.2, 0) is 13.1 Å². The molecule has 194 valence electrons. The molecule has 2 aromatic heterocycles. The van der Waals surface area contributed by atoms with Crippen LogP contribution in [0.5, 0.6) is 0 Å². The van der Waals surface area contributed by atoms with Crippen LogP contribution in [0.15, 0.2) is 134 Å². The van der Waals surface area contributed by atoms with Gasteiger partial charge in [0.2, 0.25) is 0 Å². The topological polar surface area (TPSA) is 14.2 Å². The molecule has 5 rings (SSSR count). The number of hydrogen-bond acceptors (Lipinski definition) is 2. The van der Waals surface area contributed by atoms with E-state index in [1.165, 1.54) is 33.9 Å². The van der Waals surface area contributed by atoms with Gasteiger partial charge in [-0.25, -0.2) is 9.13 Å². The largest absolute Gasteiger partial charge is 1.00 e. The second-order valence-corrected chi connectivity index (χ2v) is 9.06. The quantitative estimate of drug-likeness (QED) is 0.222. The molecule has 0 saturated carbocycles. The van der Waals surface area contributed by atoms with Crippen molar-refractivity contribution in [3.05, 3.63) is 145 Å². The van der Waals surface area contributed by atoms with Gasteiger partial charge < -0.3 is 43.8 Å². The molecule has 0 aliphatic rings. The second kappa shape index (κ2) is 13.9. The molecule has 2 heterocycles. The van der Waals surface area contributed by atoms with Crippen LogP contribution < -0.4 is 52.9 Å². The Kier molecular flexibility index (Phi) is 10.6. The van der Waals surface area contributed by atoms with Gasteiger partial charge in [-0.05, 0) is 24.3 Å². The molecule has 0 bridgehead atoms. The Morgan fingerprint density at radius 2 is 0.711 bits per heavy atom. The summed E-state index contributed by atoms with van der Waals surface area (Å²) in [4.78, 5) is 4.39. The minimum absolute atomic E-state index is 0. The Hall–Kier alpha value is -3.48. The molecule has 6 heteroatoms. The predicted molar refractivity (Wildman–Crippen MR) is 147 cm³/mol. The second-order valence-electron chi connectivity index (χ2n) is 9.06. The minimum atomic E-state index is 0. The highest BCUT2D eigenvalue weighted by atomic mass is 79.9. The molecule has 0 amide bonds. The molecule has 4 nitrogen and oxygen atoms in total. The Labute approximate surface area is 247 Å². The third-order valence-corrected chi connectivity index (χ3v) is 6.56. The number of nitrogens with zero attached hydrogens (tertiary/aromatic N) is 4. The van der Waals surface area contributed by atoms with Crippen molar-refractivity contribution in [2.45, 2.75) is 13.1 Å². The van der Waals surface area contributed by atoms with Gasteiger partial charge in [-0.3, -0.25) is 0 Å². The first-order valence-electron chi connectivity index (χ1n) is 12.3. The van der Waals surface area contributed by atoms with Crippen molar-refractivity contribution in [1.82, 2.24) is 0 Å². The van der Waals surface area contributed by atoms with Gasteiger partial charge in [0.25, 0.3) is 0 Å². The Morgan fingerprint density at radius 1 is 0.421 bits per heavy atom. The van der Waals surface area contributed by atoms with Crippen molar-refractivity contribution in [2.75, 3.05) is 23.9 Å². The van der Waals surface area contributed by atoms with E-state index in [1.54, 1.807) is 0 Å². The van der Waals surface area contributed by atoms with Gasteiger partial charge in [-0.15, -0.1) is 0 Å². The van der Waals surface area contributed by atoms with Crippen molar-refractivity contribution in [1.29, 1.82) is 0 Å². The molecule has 3 aromatic carbocycles. The highest BCUT2D eigenvalue weighted by Gasteiger charge is 2.10. The standard InChI is InChI=1S/C32H32N4.2BrH/c1-33(29-9-5-3-6-10-29)31-17-21-35(22-18-31)25-27-13-15-28(16-14-27)26-36-23-19-32(20-24-36)34(2)30-11-7-4-8-12-30;;/h3-24H,25-26H2,1-2H3;2*1H/q+2;;/p-2. The molecular formula is C32H32Br2N4. The summed E-state index contributed by atoms with van der Waals surface area (Å²) < 4.78 is 4.43. The summed E-state index contributed by atoms with van der Waals surface area (Å²) >= 11 is 0. The smallest absolute Gasteiger partial charge is 0.173 e. The number of pyridine rings is 2. The number of benzene rings is 3. The van der Waals surface area contributed by atoms with Gasteiger partial charge in [0.15, 0.2) is 37.9 Å². The van der Waals surface area contributed by atoms with Gasteiger partial charge in [-0.1, -0.05) is 60.7 Å². The number of anilines is 4. The highest BCUT2D eigenvalue weighted by molar-refractivity contribution is 5.62. The minimum Gasteiger partial charge on any atom is -1.00 e. The molecular weight excluding hydrogens is 600 g/mol. The van der Waals surface area contributed by atoms with Gasteiger partial charge in [0.05, 0.1) is 11.4 Å². The third-order valence-electron chi connectivity index (χ3n) is 6.56. The summed E-state index contributed by atoms with van der Waals surface area (Å²) in [6, 6.07) is 38.4. The zero-order valence-electron chi connectivity index (χ0n) is 21.7. The summed E-state index contributed by atoms with van der Waals surface area (Å²) in [5, 5.41) is 0. The van der Waals surface area contributed by atoms with E-state index in [0.717, 1.165) is 13.1 Å². The van der Waals surface area contributed by atoms with E-state index in [2.05, 4.69) is 155 Å². The van der Waals surface area contributed by atoms with Gasteiger partial charge in [-0.2, -0.15) is 0 Å². The average molecular weight is 632 g/mol. The zero-order valence-corrected chi connectivity index (χ0v) is 24.8. The predicted octanol–water partition coefficient (Wildman–Crippen LogP) is -0.0980. The number of hydrogen-bond donors (Lipinski definition) is 0. The first-order valence-corrected chi connectivity index (χ1v) is 12.3. The molecule has 0 fully saturated rings. The number of aromatic nitrogens is 2. The lowest BCUT2D eigenvalue weighted by atomic mass is 10.1. The third kappa shape index (κ3) is 7.30. The number of para-hydroxylation sites is 2. The van der Waals surface area contributed by atoms with Gasteiger partial charge >= 0.3 is 0 Å². The van der Waals surface area contributed by atoms with E-state index in [1.807, 2.05) is 12.1 Å². The molecule has 0 aliphatic heterocycles. The first-order chi connectivity index (χ1) is 17.7. The van der Waals surface area contributed by atoms with Gasteiger partial charge in [0, 0.05) is 60.9 Å². The maximum absolute atomic E-state index is 2.23. The Morgan fingerprint density at radius 3 is 1.03 bits per heavy atom. The first kappa shape index (κ1) is 29.1. The lowest BCUT2D eigenvalue weighted by Crippen LogP contribution is -3.00. The fourth-order valence-corrected chi connectivity index (χ4v) is 4.33. The van der Waals surface area contributed by atoms with Crippen LogP contribution in [-0.4, -0.2) is 14.1 Å². The van der Waals surface area contributed by atoms with Crippen LogP contribution in [0.2, 0.25) is 0 Å². The average Bonchev–Trinajstić information content (AvgIpc) is 2.95. The van der Waals surface area contributed by atoms with Gasteiger partial charge in [0.1, 0.15) is 0 Å². The molecule has 0 spiro atoms. The molecule has 5 aromatic rings. The van der Waals surface area contributed by atoms with Crippen LogP contribution in [0.4, 0.5) is 22.7 Å². The van der Waals surface area contributed by atoms with Crippen LogP contribution in [0.25, 0.3) is 0 Å². The van der Waals surface area contributed by atoms with Crippen molar-refractivity contribution < 1.29 is 43.1 Å². The summed E-state index contributed by atoms with van der Waals surface area (Å²) in [5.41, 5.74) is 7.29. The van der Waals surface area contributed by atoms with E-state index in [9.17, 15) is 0 Å². The summed E-state index contributed by atoms with van der Waals surface area (Å²) in [7, 11) is 4.20. The summed E-state index contributed by atoms with van der Waals surface area (Å²) in [6.07, 6.45) is 8.58. The van der Waals surface area contributed by atoms with Crippen LogP contribution in [0.3, 0.4) is 0 Å². The molecule has 0 atom stereocenters. The molecule has 0 unspecified atom stereocenters. The fourth-order valence-electron chi connectivity index (χ4n) is 4.33. The summed E-state index contributed by atoms with van der Waals surface area (Å²) in [6.45, 7) is 1.70. The normalized spacial score (nSPS) is 10.2. The van der Waals surface area contributed by atoms with E-state index in [0.29, 0.717) is 0 Å². The van der Waals surface area contributed by atoms with Crippen molar-refractivity contribution in [3.63, 3.8) is 0 Å². The SMILES string of the molecule is CN(c1ccccc1)c1cc[n+](Cc2ccc(C[n+]3ccc(N(C)c4ccccc4)cc3)cc2)cc1.[Br-].[Br-]. The number of halogens is 2. The lowest BCUT2D eigenvalue weighted by Gasteiger charge is -2.18. The Bertz CT molecular complexity index is 1270. The molecule has 0 aliphatic carbocycles. The van der Waals surface area contributed by atoms with Crippen LogP contribution in [0.1, 0.15) is 11.1 Å².